The predicted molar refractivity (Wildman–Crippen MR) is 109 cm³/mol. The van der Waals surface area contributed by atoms with Gasteiger partial charge in [-0.05, 0) is 60.0 Å². The van der Waals surface area contributed by atoms with Gasteiger partial charge >= 0.3 is 6.18 Å². The molecule has 1 amide bonds. The Morgan fingerprint density at radius 2 is 1.67 bits per heavy atom. The molecule has 1 atom stereocenters. The summed E-state index contributed by atoms with van der Waals surface area (Å²) in [5, 5.41) is 3.56. The van der Waals surface area contributed by atoms with E-state index >= 15 is 0 Å². The zero-order valence-electron chi connectivity index (χ0n) is 15.2. The van der Waals surface area contributed by atoms with Crippen molar-refractivity contribution >= 4 is 38.7 Å². The van der Waals surface area contributed by atoms with Gasteiger partial charge in [0.15, 0.2) is 9.84 Å². The van der Waals surface area contributed by atoms with Crippen LogP contribution in [0.4, 0.5) is 13.2 Å². The van der Waals surface area contributed by atoms with E-state index in [-0.39, 0.29) is 17.0 Å². The quantitative estimate of drug-likeness (QED) is 0.524. The van der Waals surface area contributed by atoms with Crippen molar-refractivity contribution in [2.75, 3.05) is 6.54 Å². The van der Waals surface area contributed by atoms with Crippen molar-refractivity contribution in [3.8, 4) is 0 Å². The number of rotatable bonds is 6. The normalized spacial score (nSPS) is 13.1. The number of benzene rings is 2. The standard InChI is InChI=1S/C20H15ClF3NO3S2/c21-15-7-9-16(10-8-15)30(27,28)18(17-2-1-11-29-17)12-25-19(26)13-3-5-14(6-4-13)20(22,23)24/h1-11,18H,12H2,(H,25,26)/t18-/m1/s1. The molecule has 0 aliphatic rings. The molecule has 0 saturated heterocycles. The van der Waals surface area contributed by atoms with Crippen LogP contribution in [-0.2, 0) is 16.0 Å². The van der Waals surface area contributed by atoms with Gasteiger partial charge in [0.2, 0.25) is 0 Å². The van der Waals surface area contributed by atoms with Crippen molar-refractivity contribution < 1.29 is 26.4 Å². The van der Waals surface area contributed by atoms with Gasteiger partial charge in [-0.15, -0.1) is 11.3 Å². The third kappa shape index (κ3) is 5.03. The molecular weight excluding hydrogens is 459 g/mol. The SMILES string of the molecule is O=C(NC[C@H](c1cccs1)S(=O)(=O)c1ccc(Cl)cc1)c1ccc(C(F)(F)F)cc1. The molecule has 0 aliphatic heterocycles. The summed E-state index contributed by atoms with van der Waals surface area (Å²) in [4.78, 5) is 13.0. The average molecular weight is 474 g/mol. The fraction of sp³-hybridized carbons (Fsp3) is 0.150. The molecule has 0 bridgehead atoms. The number of carbonyl (C=O) groups is 1. The summed E-state index contributed by atoms with van der Waals surface area (Å²) in [6.45, 7) is -0.245. The van der Waals surface area contributed by atoms with Crippen LogP contribution in [0.1, 0.15) is 26.0 Å². The van der Waals surface area contributed by atoms with Crippen molar-refractivity contribution in [3.05, 3.63) is 87.1 Å². The van der Waals surface area contributed by atoms with Gasteiger partial charge in [0.25, 0.3) is 5.91 Å². The second-order valence-electron chi connectivity index (χ2n) is 6.29. The van der Waals surface area contributed by atoms with Gasteiger partial charge in [-0.1, -0.05) is 17.7 Å². The molecule has 10 heteroatoms. The van der Waals surface area contributed by atoms with E-state index in [1.807, 2.05) is 0 Å². The van der Waals surface area contributed by atoms with Crippen LogP contribution in [0.5, 0.6) is 0 Å². The minimum absolute atomic E-state index is 0.00294. The molecule has 30 heavy (non-hydrogen) atoms. The molecule has 1 N–H and O–H groups in total. The van der Waals surface area contributed by atoms with E-state index in [9.17, 15) is 26.4 Å². The van der Waals surface area contributed by atoms with Gasteiger partial charge in [0.1, 0.15) is 5.25 Å². The average Bonchev–Trinajstić information content (AvgIpc) is 3.22. The monoisotopic (exact) mass is 473 g/mol. The first-order valence-electron chi connectivity index (χ1n) is 8.57. The Bertz CT molecular complexity index is 1110. The summed E-state index contributed by atoms with van der Waals surface area (Å²) in [5.74, 6) is -0.670. The first-order valence-corrected chi connectivity index (χ1v) is 11.4. The lowest BCUT2D eigenvalue weighted by Crippen LogP contribution is -2.31. The minimum Gasteiger partial charge on any atom is -0.350 e. The van der Waals surface area contributed by atoms with Crippen LogP contribution < -0.4 is 5.32 Å². The van der Waals surface area contributed by atoms with Crippen LogP contribution in [0.3, 0.4) is 0 Å². The molecule has 4 nitrogen and oxygen atoms in total. The number of carbonyl (C=O) groups excluding carboxylic acids is 1. The van der Waals surface area contributed by atoms with Gasteiger partial charge in [0.05, 0.1) is 10.5 Å². The molecule has 0 unspecified atom stereocenters. The van der Waals surface area contributed by atoms with E-state index in [4.69, 9.17) is 11.6 Å². The zero-order chi connectivity index (χ0) is 21.9. The van der Waals surface area contributed by atoms with Crippen LogP contribution in [0.25, 0.3) is 0 Å². The summed E-state index contributed by atoms with van der Waals surface area (Å²) in [7, 11) is -3.86. The number of alkyl halides is 3. The molecular formula is C20H15ClF3NO3S2. The Morgan fingerprint density at radius 3 is 2.20 bits per heavy atom. The molecule has 0 aliphatic carbocycles. The third-order valence-electron chi connectivity index (χ3n) is 4.30. The molecule has 3 rings (SSSR count). The smallest absolute Gasteiger partial charge is 0.350 e. The Balaban J connectivity index is 1.81. The number of hydrogen-bond donors (Lipinski definition) is 1. The summed E-state index contributed by atoms with van der Waals surface area (Å²) < 4.78 is 64.3. The summed E-state index contributed by atoms with van der Waals surface area (Å²) in [6.07, 6.45) is -4.51. The van der Waals surface area contributed by atoms with Gasteiger partial charge in [-0.3, -0.25) is 4.79 Å². The number of halogens is 4. The van der Waals surface area contributed by atoms with Crippen molar-refractivity contribution in [1.29, 1.82) is 0 Å². The maximum Gasteiger partial charge on any atom is 0.416 e. The maximum atomic E-state index is 13.1. The number of amides is 1. The Kier molecular flexibility index (Phi) is 6.54. The van der Waals surface area contributed by atoms with Crippen LogP contribution in [-0.4, -0.2) is 20.9 Å². The molecule has 1 heterocycles. The number of sulfone groups is 1. The highest BCUT2D eigenvalue weighted by Gasteiger charge is 2.32. The second-order valence-corrected chi connectivity index (χ2v) is 9.83. The maximum absolute atomic E-state index is 13.1. The summed E-state index contributed by atoms with van der Waals surface area (Å²) >= 11 is 7.06. The summed E-state index contributed by atoms with van der Waals surface area (Å²) in [5.41, 5.74) is -0.877. The molecule has 158 valence electrons. The van der Waals surface area contributed by atoms with Crippen LogP contribution in [0.15, 0.2) is 70.9 Å². The molecule has 3 aromatic rings. The van der Waals surface area contributed by atoms with E-state index < -0.39 is 32.7 Å². The van der Waals surface area contributed by atoms with Gasteiger partial charge in [-0.2, -0.15) is 13.2 Å². The largest absolute Gasteiger partial charge is 0.416 e. The topological polar surface area (TPSA) is 63.2 Å². The highest BCUT2D eigenvalue weighted by Crippen LogP contribution is 2.32. The van der Waals surface area contributed by atoms with Crippen molar-refractivity contribution in [3.63, 3.8) is 0 Å². The van der Waals surface area contributed by atoms with E-state index in [0.717, 1.165) is 24.3 Å². The second kappa shape index (κ2) is 8.79. The number of nitrogens with one attached hydrogen (secondary N) is 1. The lowest BCUT2D eigenvalue weighted by molar-refractivity contribution is -0.137. The van der Waals surface area contributed by atoms with E-state index in [0.29, 0.717) is 9.90 Å². The van der Waals surface area contributed by atoms with Crippen LogP contribution in [0.2, 0.25) is 5.02 Å². The molecule has 0 radical (unpaired) electrons. The lowest BCUT2D eigenvalue weighted by atomic mass is 10.1. The van der Waals surface area contributed by atoms with E-state index in [1.165, 1.54) is 35.6 Å². The van der Waals surface area contributed by atoms with Crippen molar-refractivity contribution in [2.24, 2.45) is 0 Å². The Labute approximate surface area is 180 Å². The molecule has 2 aromatic carbocycles. The van der Waals surface area contributed by atoms with Crippen LogP contribution >= 0.6 is 22.9 Å². The first-order chi connectivity index (χ1) is 14.1. The Morgan fingerprint density at radius 1 is 1.03 bits per heavy atom. The third-order valence-corrected chi connectivity index (χ3v) is 7.79. The predicted octanol–water partition coefficient (Wildman–Crippen LogP) is 5.37. The highest BCUT2D eigenvalue weighted by atomic mass is 35.5. The zero-order valence-corrected chi connectivity index (χ0v) is 17.6. The van der Waals surface area contributed by atoms with Crippen molar-refractivity contribution in [1.82, 2.24) is 5.32 Å². The minimum atomic E-state index is -4.51. The molecule has 0 spiro atoms. The fourth-order valence-corrected chi connectivity index (χ4v) is 5.63. The number of thiophene rings is 1. The highest BCUT2D eigenvalue weighted by molar-refractivity contribution is 7.91. The number of hydrogen-bond acceptors (Lipinski definition) is 4. The first kappa shape index (κ1) is 22.3. The van der Waals surface area contributed by atoms with Gasteiger partial charge < -0.3 is 5.32 Å². The van der Waals surface area contributed by atoms with E-state index in [1.54, 1.807) is 17.5 Å². The molecule has 0 saturated carbocycles. The van der Waals surface area contributed by atoms with Gasteiger partial charge in [0, 0.05) is 22.0 Å². The Hall–Kier alpha value is -2.36. The van der Waals surface area contributed by atoms with Gasteiger partial charge in [-0.25, -0.2) is 8.42 Å². The lowest BCUT2D eigenvalue weighted by Gasteiger charge is -2.18. The fourth-order valence-electron chi connectivity index (χ4n) is 2.72. The molecule has 1 aromatic heterocycles. The van der Waals surface area contributed by atoms with E-state index in [2.05, 4.69) is 5.32 Å². The summed E-state index contributed by atoms with van der Waals surface area (Å²) in [6, 6.07) is 12.7. The van der Waals surface area contributed by atoms with Crippen LogP contribution in [0, 0.1) is 0 Å². The molecule has 0 fully saturated rings. The van der Waals surface area contributed by atoms with Crippen molar-refractivity contribution in [2.45, 2.75) is 16.3 Å².